The molecule has 0 bridgehead atoms. The third kappa shape index (κ3) is 6.69. The highest BCUT2D eigenvalue weighted by molar-refractivity contribution is 9.10. The number of ether oxygens (including phenoxy) is 3. The largest absolute Gasteiger partial charge is 0.481 e. The molecule has 0 N–H and O–H groups in total. The van der Waals surface area contributed by atoms with E-state index < -0.39 is 11.9 Å². The predicted molar refractivity (Wildman–Crippen MR) is 122 cm³/mol. The lowest BCUT2D eigenvalue weighted by Gasteiger charge is -2.12. The summed E-state index contributed by atoms with van der Waals surface area (Å²) in [6.07, 6.45) is 1.51. The molecule has 6 heteroatoms. The van der Waals surface area contributed by atoms with E-state index in [1.165, 1.54) is 0 Å². The average Bonchev–Trinajstić information content (AvgIpc) is 2.79. The molecule has 0 heterocycles. The van der Waals surface area contributed by atoms with Gasteiger partial charge in [-0.05, 0) is 57.7 Å². The summed E-state index contributed by atoms with van der Waals surface area (Å²) in [5.74, 6) is -0.474. The van der Waals surface area contributed by atoms with E-state index in [1.807, 2.05) is 42.5 Å². The van der Waals surface area contributed by atoms with Crippen LogP contribution in [0.25, 0.3) is 0 Å². The zero-order chi connectivity index (χ0) is 22.1. The fourth-order valence-corrected chi connectivity index (χ4v) is 3.42. The Hall–Kier alpha value is -3.12. The average molecular weight is 483 g/mol. The lowest BCUT2D eigenvalue weighted by atomic mass is 10.2. The number of rotatable bonds is 9. The van der Waals surface area contributed by atoms with E-state index in [-0.39, 0.29) is 24.5 Å². The first-order valence-electron chi connectivity index (χ1n) is 9.98. The Labute approximate surface area is 190 Å². The van der Waals surface area contributed by atoms with E-state index in [2.05, 4.69) is 22.9 Å². The van der Waals surface area contributed by atoms with Gasteiger partial charge in [0.15, 0.2) is 6.61 Å². The molecule has 3 rings (SSSR count). The Morgan fingerprint density at radius 2 is 1.61 bits per heavy atom. The molecule has 0 aromatic heterocycles. The molecule has 0 amide bonds. The van der Waals surface area contributed by atoms with Crippen molar-refractivity contribution < 1.29 is 23.8 Å². The van der Waals surface area contributed by atoms with E-state index in [4.69, 9.17) is 14.2 Å². The van der Waals surface area contributed by atoms with E-state index in [0.29, 0.717) is 12.2 Å². The van der Waals surface area contributed by atoms with Crippen molar-refractivity contribution in [3.63, 3.8) is 0 Å². The van der Waals surface area contributed by atoms with Crippen LogP contribution in [0.1, 0.15) is 28.4 Å². The maximum absolute atomic E-state index is 12.5. The van der Waals surface area contributed by atoms with Crippen LogP contribution in [-0.2, 0) is 22.4 Å². The minimum Gasteiger partial charge on any atom is -0.481 e. The summed E-state index contributed by atoms with van der Waals surface area (Å²) in [5, 5.41) is 0. The number of aryl methyl sites for hydroxylation is 1. The first-order chi connectivity index (χ1) is 15.1. The maximum atomic E-state index is 12.5. The minimum atomic E-state index is -0.615. The Morgan fingerprint density at radius 3 is 2.35 bits per heavy atom. The third-order valence-corrected chi connectivity index (χ3v) is 5.17. The molecule has 5 nitrogen and oxygen atoms in total. The lowest BCUT2D eigenvalue weighted by molar-refractivity contribution is -0.136. The number of carbonyl (C=O) groups is 2. The van der Waals surface area contributed by atoms with Crippen molar-refractivity contribution in [3.8, 4) is 11.5 Å². The van der Waals surface area contributed by atoms with Gasteiger partial charge in [0.1, 0.15) is 17.1 Å². The minimum absolute atomic E-state index is 0.140. The number of para-hydroxylation sites is 1. The first kappa shape index (κ1) is 22.6. The molecule has 160 valence electrons. The van der Waals surface area contributed by atoms with E-state index >= 15 is 0 Å². The Balaban J connectivity index is 1.55. The van der Waals surface area contributed by atoms with E-state index in [0.717, 1.165) is 22.0 Å². The molecule has 3 aromatic rings. The molecule has 0 aliphatic carbocycles. The Morgan fingerprint density at radius 1 is 0.871 bits per heavy atom. The van der Waals surface area contributed by atoms with E-state index in [9.17, 15) is 9.59 Å². The summed E-state index contributed by atoms with van der Waals surface area (Å²) >= 11 is 3.44. The van der Waals surface area contributed by atoms with Gasteiger partial charge in [0, 0.05) is 6.42 Å². The number of carbonyl (C=O) groups excluding carboxylic acids is 2. The quantitative estimate of drug-likeness (QED) is 0.302. The number of hydrogen-bond donors (Lipinski definition) is 0. The summed E-state index contributed by atoms with van der Waals surface area (Å²) in [7, 11) is 0. The topological polar surface area (TPSA) is 61.8 Å². The number of esters is 2. The summed E-state index contributed by atoms with van der Waals surface area (Å²) in [6.45, 7) is 2.00. The van der Waals surface area contributed by atoms with Gasteiger partial charge in [0.2, 0.25) is 0 Å². The van der Waals surface area contributed by atoms with Crippen LogP contribution < -0.4 is 9.47 Å². The molecule has 0 spiro atoms. The van der Waals surface area contributed by atoms with Gasteiger partial charge in [0.05, 0.1) is 11.1 Å². The van der Waals surface area contributed by atoms with Gasteiger partial charge in [0.25, 0.3) is 0 Å². The summed E-state index contributed by atoms with van der Waals surface area (Å²) in [5.41, 5.74) is 2.42. The monoisotopic (exact) mass is 482 g/mol. The zero-order valence-corrected chi connectivity index (χ0v) is 18.8. The van der Waals surface area contributed by atoms with Gasteiger partial charge in [-0.2, -0.15) is 0 Å². The second-order valence-electron chi connectivity index (χ2n) is 6.75. The zero-order valence-electron chi connectivity index (χ0n) is 17.2. The van der Waals surface area contributed by atoms with Crippen LogP contribution in [0.3, 0.4) is 0 Å². The fraction of sp³-hybridized carbons (Fsp3) is 0.200. The van der Waals surface area contributed by atoms with Crippen molar-refractivity contribution in [2.24, 2.45) is 0 Å². The SMILES string of the molecule is CCc1ccc(OCC(=O)Oc2ccccc2C(=O)OCCc2ccccc2)c(Br)c1. The third-order valence-electron chi connectivity index (χ3n) is 4.55. The van der Waals surface area contributed by atoms with Gasteiger partial charge in [-0.1, -0.05) is 55.5 Å². The second-order valence-corrected chi connectivity index (χ2v) is 7.60. The predicted octanol–water partition coefficient (Wildman–Crippen LogP) is 5.40. The molecule has 0 saturated heterocycles. The second kappa shape index (κ2) is 11.3. The van der Waals surface area contributed by atoms with Crippen LogP contribution in [0.5, 0.6) is 11.5 Å². The van der Waals surface area contributed by atoms with Gasteiger partial charge in [-0.3, -0.25) is 0 Å². The summed E-state index contributed by atoms with van der Waals surface area (Å²) in [4.78, 5) is 24.8. The van der Waals surface area contributed by atoms with Crippen LogP contribution in [0, 0.1) is 0 Å². The molecule has 0 atom stereocenters. The normalized spacial score (nSPS) is 10.4. The standard InChI is InChI=1S/C25H23BrO5/c1-2-18-12-13-23(21(26)16-18)30-17-24(27)31-22-11-7-6-10-20(22)25(28)29-15-14-19-8-4-3-5-9-19/h3-13,16H,2,14-15,17H2,1H3. The Kier molecular flexibility index (Phi) is 8.24. The van der Waals surface area contributed by atoms with Crippen LogP contribution in [0.2, 0.25) is 0 Å². The molecule has 0 saturated carbocycles. The van der Waals surface area contributed by atoms with Crippen molar-refractivity contribution >= 4 is 27.9 Å². The molecule has 0 radical (unpaired) electrons. The van der Waals surface area contributed by atoms with Gasteiger partial charge in [-0.15, -0.1) is 0 Å². The van der Waals surface area contributed by atoms with Crippen LogP contribution >= 0.6 is 15.9 Å². The van der Waals surface area contributed by atoms with Crippen LogP contribution in [0.4, 0.5) is 0 Å². The number of hydrogen-bond acceptors (Lipinski definition) is 5. The van der Waals surface area contributed by atoms with Crippen molar-refractivity contribution in [1.82, 2.24) is 0 Å². The van der Waals surface area contributed by atoms with Gasteiger partial charge < -0.3 is 14.2 Å². The molecule has 0 fully saturated rings. The molecule has 31 heavy (non-hydrogen) atoms. The molecule has 0 aliphatic heterocycles. The number of benzene rings is 3. The van der Waals surface area contributed by atoms with Crippen LogP contribution in [0.15, 0.2) is 77.3 Å². The van der Waals surface area contributed by atoms with Crippen molar-refractivity contribution in [3.05, 3.63) is 94.0 Å². The van der Waals surface area contributed by atoms with Crippen molar-refractivity contribution in [2.45, 2.75) is 19.8 Å². The molecule has 0 aliphatic rings. The summed E-state index contributed by atoms with van der Waals surface area (Å²) in [6, 6.07) is 21.9. The molecular weight excluding hydrogens is 460 g/mol. The van der Waals surface area contributed by atoms with Crippen molar-refractivity contribution in [1.29, 1.82) is 0 Å². The van der Waals surface area contributed by atoms with Crippen molar-refractivity contribution in [2.75, 3.05) is 13.2 Å². The highest BCUT2D eigenvalue weighted by Crippen LogP contribution is 2.26. The Bertz CT molecular complexity index is 1030. The highest BCUT2D eigenvalue weighted by atomic mass is 79.9. The molecular formula is C25H23BrO5. The maximum Gasteiger partial charge on any atom is 0.349 e. The smallest absolute Gasteiger partial charge is 0.349 e. The number of halogens is 1. The van der Waals surface area contributed by atoms with Gasteiger partial charge in [-0.25, -0.2) is 9.59 Å². The van der Waals surface area contributed by atoms with E-state index in [1.54, 1.807) is 30.3 Å². The van der Waals surface area contributed by atoms with Crippen LogP contribution in [-0.4, -0.2) is 25.2 Å². The lowest BCUT2D eigenvalue weighted by Crippen LogP contribution is -2.19. The molecule has 0 unspecified atom stereocenters. The summed E-state index contributed by atoms with van der Waals surface area (Å²) < 4.78 is 17.0. The van der Waals surface area contributed by atoms with Gasteiger partial charge >= 0.3 is 11.9 Å². The fourth-order valence-electron chi connectivity index (χ4n) is 2.88. The highest BCUT2D eigenvalue weighted by Gasteiger charge is 2.17. The molecule has 3 aromatic carbocycles. The first-order valence-corrected chi connectivity index (χ1v) is 10.8.